The summed E-state index contributed by atoms with van der Waals surface area (Å²) in [5, 5.41) is 16.3. The molecule has 0 spiro atoms. The molecule has 3 heterocycles. The summed E-state index contributed by atoms with van der Waals surface area (Å²) >= 11 is 1.39. The van der Waals surface area contributed by atoms with Crippen LogP contribution in [0.4, 0.5) is 5.13 Å². The van der Waals surface area contributed by atoms with Gasteiger partial charge < -0.3 is 0 Å². The van der Waals surface area contributed by atoms with E-state index in [1.165, 1.54) is 11.3 Å². The van der Waals surface area contributed by atoms with Crippen LogP contribution < -0.4 is 5.32 Å². The number of rotatable bonds is 5. The molecule has 112 valence electrons. The van der Waals surface area contributed by atoms with Crippen molar-refractivity contribution >= 4 is 22.4 Å². The molecule has 1 aliphatic heterocycles. The highest BCUT2D eigenvalue weighted by molar-refractivity contribution is 7.15. The fourth-order valence-electron chi connectivity index (χ4n) is 2.62. The molecule has 7 nitrogen and oxygen atoms in total. The molecule has 0 aliphatic carbocycles. The van der Waals surface area contributed by atoms with Gasteiger partial charge in [-0.3, -0.25) is 19.7 Å². The van der Waals surface area contributed by atoms with Crippen molar-refractivity contribution in [2.75, 3.05) is 18.4 Å². The van der Waals surface area contributed by atoms with Crippen molar-refractivity contribution in [3.63, 3.8) is 0 Å². The van der Waals surface area contributed by atoms with E-state index in [0.717, 1.165) is 30.9 Å². The molecular formula is C13H18N6OS. The molecule has 1 unspecified atom stereocenters. The Labute approximate surface area is 127 Å². The number of anilines is 1. The van der Waals surface area contributed by atoms with Gasteiger partial charge in [-0.05, 0) is 32.4 Å². The summed E-state index contributed by atoms with van der Waals surface area (Å²) in [5.74, 6) is -0.0292. The van der Waals surface area contributed by atoms with E-state index in [-0.39, 0.29) is 5.91 Å². The first kappa shape index (κ1) is 14.2. The van der Waals surface area contributed by atoms with E-state index < -0.39 is 0 Å². The van der Waals surface area contributed by atoms with Crippen LogP contribution in [-0.4, -0.2) is 49.9 Å². The molecule has 0 bridgehead atoms. The van der Waals surface area contributed by atoms with Crippen molar-refractivity contribution in [3.8, 4) is 0 Å². The standard InChI is InChI=1S/C13H18N6OS/c1-10-16-17-13(21-10)15-12(20)9-18-6-2-4-11(18)8-19-7-3-5-14-19/h3,5,7,11H,2,4,6,8-9H2,1H3,(H,15,17,20). The Balaban J connectivity index is 1.54. The summed E-state index contributed by atoms with van der Waals surface area (Å²) < 4.78 is 1.93. The molecule has 8 heteroatoms. The number of likely N-dealkylation sites (tertiary alicyclic amines) is 1. The summed E-state index contributed by atoms with van der Waals surface area (Å²) in [6.07, 6.45) is 5.96. The molecule has 0 saturated carbocycles. The van der Waals surface area contributed by atoms with Crippen LogP contribution in [0.3, 0.4) is 0 Å². The molecule has 21 heavy (non-hydrogen) atoms. The third-order valence-corrected chi connectivity index (χ3v) is 4.33. The monoisotopic (exact) mass is 306 g/mol. The molecule has 1 saturated heterocycles. The fourth-order valence-corrected chi connectivity index (χ4v) is 3.23. The van der Waals surface area contributed by atoms with Crippen LogP contribution >= 0.6 is 11.3 Å². The van der Waals surface area contributed by atoms with Gasteiger partial charge >= 0.3 is 0 Å². The normalized spacial score (nSPS) is 19.0. The first-order valence-electron chi connectivity index (χ1n) is 7.02. The average Bonchev–Trinajstić information content (AvgIpc) is 3.15. The van der Waals surface area contributed by atoms with Crippen molar-refractivity contribution in [1.29, 1.82) is 0 Å². The Morgan fingerprint density at radius 1 is 1.52 bits per heavy atom. The quantitative estimate of drug-likeness (QED) is 0.896. The van der Waals surface area contributed by atoms with Gasteiger partial charge in [0, 0.05) is 18.4 Å². The van der Waals surface area contributed by atoms with Crippen molar-refractivity contribution in [2.45, 2.75) is 32.4 Å². The van der Waals surface area contributed by atoms with Gasteiger partial charge in [0.15, 0.2) is 0 Å². The second-order valence-corrected chi connectivity index (χ2v) is 6.35. The van der Waals surface area contributed by atoms with E-state index >= 15 is 0 Å². The summed E-state index contributed by atoms with van der Waals surface area (Å²) in [5.41, 5.74) is 0. The zero-order valence-electron chi connectivity index (χ0n) is 11.9. The smallest absolute Gasteiger partial charge is 0.240 e. The van der Waals surface area contributed by atoms with Gasteiger partial charge in [-0.1, -0.05) is 11.3 Å². The lowest BCUT2D eigenvalue weighted by Gasteiger charge is -2.23. The van der Waals surface area contributed by atoms with Crippen LogP contribution in [0.2, 0.25) is 0 Å². The summed E-state index contributed by atoms with van der Waals surface area (Å²) in [4.78, 5) is 14.3. The van der Waals surface area contributed by atoms with Gasteiger partial charge in [0.1, 0.15) is 5.01 Å². The number of nitrogens with one attached hydrogen (secondary N) is 1. The second-order valence-electron chi connectivity index (χ2n) is 5.17. The molecule has 0 radical (unpaired) electrons. The van der Waals surface area contributed by atoms with Crippen LogP contribution in [0.5, 0.6) is 0 Å². The third-order valence-electron chi connectivity index (χ3n) is 3.58. The minimum absolute atomic E-state index is 0.0292. The van der Waals surface area contributed by atoms with E-state index in [2.05, 4.69) is 25.5 Å². The molecule has 1 atom stereocenters. The number of aryl methyl sites for hydroxylation is 1. The lowest BCUT2D eigenvalue weighted by molar-refractivity contribution is -0.117. The molecule has 1 fully saturated rings. The summed E-state index contributed by atoms with van der Waals surface area (Å²) in [7, 11) is 0. The third kappa shape index (κ3) is 3.64. The lowest BCUT2D eigenvalue weighted by Crippen LogP contribution is -2.39. The maximum atomic E-state index is 12.1. The highest BCUT2D eigenvalue weighted by Gasteiger charge is 2.26. The maximum absolute atomic E-state index is 12.1. The van der Waals surface area contributed by atoms with Crippen molar-refractivity contribution in [3.05, 3.63) is 23.5 Å². The number of hydrogen-bond acceptors (Lipinski definition) is 6. The van der Waals surface area contributed by atoms with Gasteiger partial charge in [0.05, 0.1) is 13.1 Å². The number of aromatic nitrogens is 4. The van der Waals surface area contributed by atoms with Crippen molar-refractivity contribution < 1.29 is 4.79 Å². The largest absolute Gasteiger partial charge is 0.299 e. The molecule has 1 aliphatic rings. The first-order valence-corrected chi connectivity index (χ1v) is 7.84. The Morgan fingerprint density at radius 3 is 3.14 bits per heavy atom. The highest BCUT2D eigenvalue weighted by Crippen LogP contribution is 2.19. The highest BCUT2D eigenvalue weighted by atomic mass is 32.1. The zero-order chi connectivity index (χ0) is 14.7. The minimum Gasteiger partial charge on any atom is -0.299 e. The van der Waals surface area contributed by atoms with Crippen LogP contribution in [0.25, 0.3) is 0 Å². The number of hydrogen-bond donors (Lipinski definition) is 1. The summed E-state index contributed by atoms with van der Waals surface area (Å²) in [6.45, 7) is 4.05. The SMILES string of the molecule is Cc1nnc(NC(=O)CN2CCCC2Cn2cccn2)s1. The predicted octanol–water partition coefficient (Wildman–Crippen LogP) is 1.15. The number of carbonyl (C=O) groups excluding carboxylic acids is 1. The topological polar surface area (TPSA) is 75.9 Å². The Hall–Kier alpha value is -1.80. The van der Waals surface area contributed by atoms with E-state index in [0.29, 0.717) is 17.7 Å². The molecule has 0 aromatic carbocycles. The first-order chi connectivity index (χ1) is 10.2. The molecule has 1 amide bonds. The molecule has 2 aromatic rings. The number of amides is 1. The van der Waals surface area contributed by atoms with Gasteiger partial charge in [0.2, 0.25) is 11.0 Å². The minimum atomic E-state index is -0.0292. The van der Waals surface area contributed by atoms with Crippen molar-refractivity contribution in [2.24, 2.45) is 0 Å². The summed E-state index contributed by atoms with van der Waals surface area (Å²) in [6, 6.07) is 2.29. The van der Waals surface area contributed by atoms with E-state index in [4.69, 9.17) is 0 Å². The second kappa shape index (κ2) is 6.31. The molecule has 2 aromatic heterocycles. The van der Waals surface area contributed by atoms with Gasteiger partial charge in [-0.25, -0.2) is 0 Å². The predicted molar refractivity (Wildman–Crippen MR) is 80.1 cm³/mol. The van der Waals surface area contributed by atoms with Crippen LogP contribution in [0, 0.1) is 6.92 Å². The zero-order valence-corrected chi connectivity index (χ0v) is 12.7. The molecular weight excluding hydrogens is 288 g/mol. The Bertz CT molecular complexity index is 596. The van der Waals surface area contributed by atoms with Crippen LogP contribution in [0.15, 0.2) is 18.5 Å². The Morgan fingerprint density at radius 2 is 2.43 bits per heavy atom. The van der Waals surface area contributed by atoms with E-state index in [9.17, 15) is 4.79 Å². The lowest BCUT2D eigenvalue weighted by atomic mass is 10.2. The van der Waals surface area contributed by atoms with Crippen LogP contribution in [-0.2, 0) is 11.3 Å². The maximum Gasteiger partial charge on any atom is 0.240 e. The Kier molecular flexibility index (Phi) is 4.26. The van der Waals surface area contributed by atoms with E-state index in [1.54, 1.807) is 6.20 Å². The van der Waals surface area contributed by atoms with Crippen molar-refractivity contribution in [1.82, 2.24) is 24.9 Å². The van der Waals surface area contributed by atoms with Crippen LogP contribution in [0.1, 0.15) is 17.8 Å². The van der Waals surface area contributed by atoms with E-state index in [1.807, 2.05) is 23.9 Å². The van der Waals surface area contributed by atoms with Gasteiger partial charge in [0.25, 0.3) is 0 Å². The van der Waals surface area contributed by atoms with Gasteiger partial charge in [-0.15, -0.1) is 10.2 Å². The fraction of sp³-hybridized carbons (Fsp3) is 0.538. The van der Waals surface area contributed by atoms with Gasteiger partial charge in [-0.2, -0.15) is 5.10 Å². The average molecular weight is 306 g/mol. The molecule has 1 N–H and O–H groups in total. The number of carbonyl (C=O) groups is 1. The molecule has 3 rings (SSSR count). The number of nitrogens with zero attached hydrogens (tertiary/aromatic N) is 5.